The summed E-state index contributed by atoms with van der Waals surface area (Å²) in [6.45, 7) is 2.90. The number of piperidine rings is 1. The van der Waals surface area contributed by atoms with E-state index in [1.807, 2.05) is 35.2 Å². The lowest BCUT2D eigenvalue weighted by Crippen LogP contribution is -2.43. The van der Waals surface area contributed by atoms with E-state index in [0.717, 1.165) is 31.6 Å². The van der Waals surface area contributed by atoms with Gasteiger partial charge in [-0.05, 0) is 25.0 Å². The molecule has 1 aromatic carbocycles. The second-order valence-electron chi connectivity index (χ2n) is 5.23. The Morgan fingerprint density at radius 3 is 2.40 bits per heavy atom. The number of carbonyl (C=O) groups is 1. The highest BCUT2D eigenvalue weighted by atomic mass is 16.7. The molecule has 0 spiro atoms. The third-order valence-electron chi connectivity index (χ3n) is 3.88. The molecular formula is C15H20N2O3. The molecule has 2 aliphatic rings. The van der Waals surface area contributed by atoms with E-state index in [4.69, 9.17) is 9.47 Å². The molecule has 5 nitrogen and oxygen atoms in total. The Morgan fingerprint density at radius 1 is 1.10 bits per heavy atom. The molecule has 2 heterocycles. The van der Waals surface area contributed by atoms with Gasteiger partial charge in [0.05, 0.1) is 13.2 Å². The predicted molar refractivity (Wildman–Crippen MR) is 75.4 cm³/mol. The molecule has 3 rings (SSSR count). The van der Waals surface area contributed by atoms with Crippen LogP contribution in [0.25, 0.3) is 0 Å². The number of benzene rings is 1. The van der Waals surface area contributed by atoms with Crippen LogP contribution in [0.5, 0.6) is 0 Å². The molecule has 0 aliphatic carbocycles. The second kappa shape index (κ2) is 6.24. The summed E-state index contributed by atoms with van der Waals surface area (Å²) in [4.78, 5) is 14.0. The summed E-state index contributed by atoms with van der Waals surface area (Å²) in [6, 6.07) is 9.52. The molecule has 0 bridgehead atoms. The molecule has 1 aromatic rings. The highest BCUT2D eigenvalue weighted by Crippen LogP contribution is 2.26. The van der Waals surface area contributed by atoms with E-state index in [1.54, 1.807) is 0 Å². The van der Waals surface area contributed by atoms with E-state index in [2.05, 4.69) is 5.32 Å². The van der Waals surface area contributed by atoms with E-state index in [1.165, 1.54) is 0 Å². The fourth-order valence-electron chi connectivity index (χ4n) is 2.75. The lowest BCUT2D eigenvalue weighted by molar-refractivity contribution is -0.0950. The first kappa shape index (κ1) is 13.4. The maximum Gasteiger partial charge on any atom is 0.321 e. The van der Waals surface area contributed by atoms with E-state index < -0.39 is 0 Å². The quantitative estimate of drug-likeness (QED) is 0.901. The van der Waals surface area contributed by atoms with E-state index in [9.17, 15) is 4.79 Å². The maximum absolute atomic E-state index is 12.1. The minimum Gasteiger partial charge on any atom is -0.350 e. The number of rotatable bonds is 2. The minimum atomic E-state index is -0.0608. The third-order valence-corrected chi connectivity index (χ3v) is 3.88. The van der Waals surface area contributed by atoms with Crippen LogP contribution in [0, 0.1) is 5.92 Å². The molecule has 0 unspecified atom stereocenters. The molecule has 2 amide bonds. The van der Waals surface area contributed by atoms with Gasteiger partial charge in [0, 0.05) is 24.7 Å². The molecule has 1 N–H and O–H groups in total. The van der Waals surface area contributed by atoms with Crippen LogP contribution in [0.2, 0.25) is 0 Å². The molecule has 2 aliphatic heterocycles. The largest absolute Gasteiger partial charge is 0.350 e. The highest BCUT2D eigenvalue weighted by Gasteiger charge is 2.31. The molecule has 0 aromatic heterocycles. The van der Waals surface area contributed by atoms with Crippen LogP contribution >= 0.6 is 0 Å². The fraction of sp³-hybridized carbons (Fsp3) is 0.533. The highest BCUT2D eigenvalue weighted by molar-refractivity contribution is 5.89. The molecule has 108 valence electrons. The zero-order valence-corrected chi connectivity index (χ0v) is 11.5. The molecule has 20 heavy (non-hydrogen) atoms. The number of hydrogen-bond acceptors (Lipinski definition) is 3. The Kier molecular flexibility index (Phi) is 4.18. The van der Waals surface area contributed by atoms with E-state index in [0.29, 0.717) is 19.1 Å². The van der Waals surface area contributed by atoms with Gasteiger partial charge in [0.15, 0.2) is 6.29 Å². The van der Waals surface area contributed by atoms with Crippen molar-refractivity contribution in [3.63, 3.8) is 0 Å². The molecule has 2 fully saturated rings. The number of anilines is 1. The van der Waals surface area contributed by atoms with Crippen LogP contribution in [0.4, 0.5) is 10.5 Å². The van der Waals surface area contributed by atoms with Gasteiger partial charge in [0.25, 0.3) is 0 Å². The van der Waals surface area contributed by atoms with Crippen LogP contribution in [-0.2, 0) is 9.47 Å². The average Bonchev–Trinajstić information content (AvgIpc) is 3.03. The van der Waals surface area contributed by atoms with Crippen LogP contribution in [0.1, 0.15) is 12.8 Å². The summed E-state index contributed by atoms with van der Waals surface area (Å²) >= 11 is 0. The minimum absolute atomic E-state index is 0.0251. The number of hydrogen-bond donors (Lipinski definition) is 1. The number of amides is 2. The number of urea groups is 1. The van der Waals surface area contributed by atoms with Gasteiger partial charge in [-0.3, -0.25) is 0 Å². The summed E-state index contributed by atoms with van der Waals surface area (Å²) < 4.78 is 11.1. The topological polar surface area (TPSA) is 50.8 Å². The molecule has 0 radical (unpaired) electrons. The summed E-state index contributed by atoms with van der Waals surface area (Å²) in [5.74, 6) is 0.415. The van der Waals surface area contributed by atoms with Gasteiger partial charge in [-0.2, -0.15) is 0 Å². The normalized spacial score (nSPS) is 21.1. The number of ether oxygens (including phenoxy) is 2. The van der Waals surface area contributed by atoms with Crippen LogP contribution in [0.15, 0.2) is 30.3 Å². The Hall–Kier alpha value is -1.59. The van der Waals surface area contributed by atoms with Crippen molar-refractivity contribution in [1.29, 1.82) is 0 Å². The fourth-order valence-corrected chi connectivity index (χ4v) is 2.75. The monoisotopic (exact) mass is 276 g/mol. The van der Waals surface area contributed by atoms with Crippen molar-refractivity contribution in [3.05, 3.63) is 30.3 Å². The van der Waals surface area contributed by atoms with Gasteiger partial charge < -0.3 is 19.7 Å². The van der Waals surface area contributed by atoms with Gasteiger partial charge in [0.1, 0.15) is 0 Å². The number of para-hydroxylation sites is 1. The van der Waals surface area contributed by atoms with Crippen molar-refractivity contribution in [2.24, 2.45) is 5.92 Å². The van der Waals surface area contributed by atoms with Gasteiger partial charge in [0.2, 0.25) is 0 Å². The van der Waals surface area contributed by atoms with E-state index in [-0.39, 0.29) is 12.3 Å². The van der Waals surface area contributed by atoms with Crippen molar-refractivity contribution >= 4 is 11.7 Å². The molecule has 5 heteroatoms. The van der Waals surface area contributed by atoms with Crippen LogP contribution < -0.4 is 5.32 Å². The van der Waals surface area contributed by atoms with Gasteiger partial charge >= 0.3 is 6.03 Å². The van der Waals surface area contributed by atoms with Crippen molar-refractivity contribution in [3.8, 4) is 0 Å². The lowest BCUT2D eigenvalue weighted by atomic mass is 9.96. The summed E-state index contributed by atoms with van der Waals surface area (Å²) in [5, 5.41) is 2.92. The van der Waals surface area contributed by atoms with Crippen molar-refractivity contribution < 1.29 is 14.3 Å². The Bertz CT molecular complexity index is 438. The van der Waals surface area contributed by atoms with Crippen molar-refractivity contribution in [2.45, 2.75) is 19.1 Å². The molecule has 2 saturated heterocycles. The number of nitrogens with one attached hydrogen (secondary N) is 1. The smallest absolute Gasteiger partial charge is 0.321 e. The standard InChI is InChI=1S/C15H20N2O3/c18-15(16-13-4-2-1-3-5-13)17-8-6-12(7-9-17)14-19-10-11-20-14/h1-5,12,14H,6-11H2,(H,16,18). The molecular weight excluding hydrogens is 256 g/mol. The Balaban J connectivity index is 1.49. The van der Waals surface area contributed by atoms with E-state index >= 15 is 0 Å². The first-order valence-corrected chi connectivity index (χ1v) is 7.17. The zero-order valence-electron chi connectivity index (χ0n) is 11.5. The first-order chi connectivity index (χ1) is 9.83. The Labute approximate surface area is 118 Å². The number of nitrogens with zero attached hydrogens (tertiary/aromatic N) is 1. The second-order valence-corrected chi connectivity index (χ2v) is 5.23. The van der Waals surface area contributed by atoms with Gasteiger partial charge in [-0.25, -0.2) is 4.79 Å². The number of carbonyl (C=O) groups excluding carboxylic acids is 1. The molecule has 0 atom stereocenters. The SMILES string of the molecule is O=C(Nc1ccccc1)N1CCC(C2OCCO2)CC1. The Morgan fingerprint density at radius 2 is 1.75 bits per heavy atom. The predicted octanol–water partition coefficient (Wildman–Crippen LogP) is 2.30. The summed E-state index contributed by atoms with van der Waals surface area (Å²) in [6.07, 6.45) is 1.81. The van der Waals surface area contributed by atoms with Crippen molar-refractivity contribution in [1.82, 2.24) is 4.90 Å². The lowest BCUT2D eigenvalue weighted by Gasteiger charge is -2.33. The summed E-state index contributed by atoms with van der Waals surface area (Å²) in [5.41, 5.74) is 0.835. The first-order valence-electron chi connectivity index (χ1n) is 7.17. The van der Waals surface area contributed by atoms with Gasteiger partial charge in [-0.1, -0.05) is 18.2 Å². The zero-order chi connectivity index (χ0) is 13.8. The maximum atomic E-state index is 12.1. The van der Waals surface area contributed by atoms with Crippen molar-refractivity contribution in [2.75, 3.05) is 31.6 Å². The van der Waals surface area contributed by atoms with Crippen LogP contribution in [0.3, 0.4) is 0 Å². The third kappa shape index (κ3) is 3.11. The van der Waals surface area contributed by atoms with Crippen LogP contribution in [-0.4, -0.2) is 43.5 Å². The van der Waals surface area contributed by atoms with Gasteiger partial charge in [-0.15, -0.1) is 0 Å². The molecule has 0 saturated carbocycles. The average molecular weight is 276 g/mol. The number of likely N-dealkylation sites (tertiary alicyclic amines) is 1. The summed E-state index contributed by atoms with van der Waals surface area (Å²) in [7, 11) is 0.